The Labute approximate surface area is 112 Å². The summed E-state index contributed by atoms with van der Waals surface area (Å²) in [5.74, 6) is 4.34. The molecule has 2 aromatic heterocycles. The van der Waals surface area contributed by atoms with E-state index in [4.69, 9.17) is 10.9 Å². The minimum atomic E-state index is -1.32. The smallest absolute Gasteiger partial charge is 0.299 e. The zero-order valence-electron chi connectivity index (χ0n) is 10.4. The first kappa shape index (κ1) is 13.0. The van der Waals surface area contributed by atoms with E-state index in [9.17, 15) is 14.3 Å². The third-order valence-electron chi connectivity index (χ3n) is 3.98. The molecular weight excluding hydrogens is 269 g/mol. The zero-order chi connectivity index (χ0) is 14.4. The Morgan fingerprint density at radius 3 is 2.60 bits per heavy atom. The number of aromatic nitrogens is 4. The van der Waals surface area contributed by atoms with Crippen molar-refractivity contribution in [3.8, 4) is 0 Å². The Balaban J connectivity index is 2.08. The number of nitrogen functional groups attached to an aromatic ring is 1. The molecule has 1 fully saturated rings. The van der Waals surface area contributed by atoms with Crippen molar-refractivity contribution >= 4 is 11.2 Å². The van der Waals surface area contributed by atoms with Crippen LogP contribution in [0.5, 0.6) is 0 Å². The fourth-order valence-corrected chi connectivity index (χ4v) is 2.82. The molecule has 8 nitrogen and oxygen atoms in total. The van der Waals surface area contributed by atoms with E-state index in [-0.39, 0.29) is 24.4 Å². The third-order valence-corrected chi connectivity index (χ3v) is 3.98. The summed E-state index contributed by atoms with van der Waals surface area (Å²) >= 11 is 0. The van der Waals surface area contributed by atoms with Crippen LogP contribution < -0.4 is 11.4 Å². The number of nitrogens with two attached hydrogens (primary N) is 1. The van der Waals surface area contributed by atoms with Gasteiger partial charge in [-0.3, -0.25) is 4.79 Å². The van der Waals surface area contributed by atoms with Crippen LogP contribution in [0.25, 0.3) is 11.2 Å². The van der Waals surface area contributed by atoms with E-state index in [1.165, 1.54) is 10.9 Å². The Morgan fingerprint density at radius 1 is 1.25 bits per heavy atom. The first-order valence-electron chi connectivity index (χ1n) is 6.15. The fourth-order valence-electron chi connectivity index (χ4n) is 2.82. The largest absolute Gasteiger partial charge is 0.396 e. The van der Waals surface area contributed by atoms with E-state index in [0.717, 1.165) is 11.0 Å². The first-order valence-corrected chi connectivity index (χ1v) is 6.15. The molecule has 1 aliphatic rings. The summed E-state index contributed by atoms with van der Waals surface area (Å²) in [7, 11) is 0. The van der Waals surface area contributed by atoms with Crippen LogP contribution in [0.2, 0.25) is 0 Å². The van der Waals surface area contributed by atoms with Crippen LogP contribution in [0, 0.1) is 11.8 Å². The molecule has 0 amide bonds. The standard InChI is InChI=1S/C11H14FN5O3/c12-7-5(1-18)6(2-19)9(7)16-3-14-8-10(16)15-4-17(13)11(8)20/h3-7,9,18-19H,1-2,13H2. The maximum atomic E-state index is 14.1. The van der Waals surface area contributed by atoms with Crippen LogP contribution >= 0.6 is 0 Å². The molecule has 0 spiro atoms. The van der Waals surface area contributed by atoms with Gasteiger partial charge in [0.15, 0.2) is 11.2 Å². The van der Waals surface area contributed by atoms with Crippen molar-refractivity contribution in [2.45, 2.75) is 12.2 Å². The molecule has 108 valence electrons. The van der Waals surface area contributed by atoms with Crippen LogP contribution in [0.1, 0.15) is 6.04 Å². The van der Waals surface area contributed by atoms with Crippen molar-refractivity contribution in [2.24, 2.45) is 11.8 Å². The average molecular weight is 283 g/mol. The van der Waals surface area contributed by atoms with Gasteiger partial charge in [0.05, 0.1) is 12.4 Å². The van der Waals surface area contributed by atoms with Crippen molar-refractivity contribution < 1.29 is 14.6 Å². The molecule has 0 aromatic carbocycles. The molecule has 0 saturated heterocycles. The van der Waals surface area contributed by atoms with Gasteiger partial charge in [-0.15, -0.1) is 0 Å². The molecule has 2 aromatic rings. The van der Waals surface area contributed by atoms with Crippen LogP contribution in [-0.2, 0) is 0 Å². The lowest BCUT2D eigenvalue weighted by molar-refractivity contribution is -0.0845. The van der Waals surface area contributed by atoms with Gasteiger partial charge in [-0.1, -0.05) is 0 Å². The van der Waals surface area contributed by atoms with Gasteiger partial charge < -0.3 is 20.6 Å². The fraction of sp³-hybridized carbons (Fsp3) is 0.545. The lowest BCUT2D eigenvalue weighted by Crippen LogP contribution is -2.52. The maximum absolute atomic E-state index is 14.1. The zero-order valence-corrected chi connectivity index (χ0v) is 10.4. The monoisotopic (exact) mass is 283 g/mol. The van der Waals surface area contributed by atoms with E-state index in [0.29, 0.717) is 0 Å². The number of alkyl halides is 1. The van der Waals surface area contributed by atoms with Crippen molar-refractivity contribution in [2.75, 3.05) is 19.1 Å². The van der Waals surface area contributed by atoms with Crippen LogP contribution in [-0.4, -0.2) is 48.8 Å². The molecule has 4 unspecified atom stereocenters. The number of fused-ring (bicyclic) bond motifs is 1. The summed E-state index contributed by atoms with van der Waals surface area (Å²) < 4.78 is 16.3. The average Bonchev–Trinajstić information content (AvgIpc) is 2.85. The predicted molar refractivity (Wildman–Crippen MR) is 67.0 cm³/mol. The first-order chi connectivity index (χ1) is 9.60. The summed E-state index contributed by atoms with van der Waals surface area (Å²) in [6.45, 7) is -0.595. The molecule has 1 aliphatic carbocycles. The number of halogens is 1. The van der Waals surface area contributed by atoms with Crippen molar-refractivity contribution in [3.63, 3.8) is 0 Å². The van der Waals surface area contributed by atoms with Gasteiger partial charge in [0.25, 0.3) is 5.56 Å². The van der Waals surface area contributed by atoms with Crippen LogP contribution in [0.3, 0.4) is 0 Å². The molecule has 0 aliphatic heterocycles. The van der Waals surface area contributed by atoms with Crippen molar-refractivity contribution in [3.05, 3.63) is 23.0 Å². The molecule has 0 radical (unpaired) electrons. The summed E-state index contributed by atoms with van der Waals surface area (Å²) in [5.41, 5.74) is -0.256. The van der Waals surface area contributed by atoms with Gasteiger partial charge in [-0.25, -0.2) is 19.0 Å². The Morgan fingerprint density at radius 2 is 1.95 bits per heavy atom. The van der Waals surface area contributed by atoms with Gasteiger partial charge in [-0.05, 0) is 0 Å². The Bertz CT molecular complexity index is 699. The second-order valence-corrected chi connectivity index (χ2v) is 4.91. The normalized spacial score (nSPS) is 29.6. The minimum absolute atomic E-state index is 0.0475. The number of aliphatic hydroxyl groups is 2. The number of hydrogen-bond acceptors (Lipinski definition) is 6. The van der Waals surface area contributed by atoms with Gasteiger partial charge in [0.1, 0.15) is 12.5 Å². The number of hydrogen-bond donors (Lipinski definition) is 3. The number of imidazole rings is 1. The number of nitrogens with zero attached hydrogens (tertiary/aromatic N) is 4. The van der Waals surface area contributed by atoms with E-state index in [1.807, 2.05) is 0 Å². The van der Waals surface area contributed by atoms with Crippen LogP contribution in [0.4, 0.5) is 4.39 Å². The highest BCUT2D eigenvalue weighted by Crippen LogP contribution is 2.46. The quantitative estimate of drug-likeness (QED) is 0.585. The molecular formula is C11H14FN5O3. The highest BCUT2D eigenvalue weighted by Gasteiger charge is 2.52. The predicted octanol–water partition coefficient (Wildman–Crippen LogP) is -1.58. The van der Waals surface area contributed by atoms with Crippen LogP contribution in [0.15, 0.2) is 17.4 Å². The van der Waals surface area contributed by atoms with Gasteiger partial charge >= 0.3 is 0 Å². The number of rotatable bonds is 3. The van der Waals surface area contributed by atoms with Gasteiger partial charge in [0.2, 0.25) is 0 Å². The summed E-state index contributed by atoms with van der Waals surface area (Å²) in [6, 6.07) is -0.692. The third kappa shape index (κ3) is 1.56. The minimum Gasteiger partial charge on any atom is -0.396 e. The van der Waals surface area contributed by atoms with E-state index < -0.39 is 29.6 Å². The summed E-state index contributed by atoms with van der Waals surface area (Å²) in [5, 5.41) is 18.4. The topological polar surface area (TPSA) is 119 Å². The van der Waals surface area contributed by atoms with E-state index in [1.54, 1.807) is 0 Å². The summed E-state index contributed by atoms with van der Waals surface area (Å²) in [6.07, 6.45) is 1.12. The van der Waals surface area contributed by atoms with E-state index in [2.05, 4.69) is 9.97 Å². The molecule has 4 atom stereocenters. The van der Waals surface area contributed by atoms with Crippen molar-refractivity contribution in [1.82, 2.24) is 19.2 Å². The molecule has 0 bridgehead atoms. The highest BCUT2D eigenvalue weighted by molar-refractivity contribution is 5.69. The lowest BCUT2D eigenvalue weighted by Gasteiger charge is -2.46. The molecule has 3 rings (SSSR count). The lowest BCUT2D eigenvalue weighted by atomic mass is 9.68. The maximum Gasteiger partial charge on any atom is 0.299 e. The highest BCUT2D eigenvalue weighted by atomic mass is 19.1. The number of aliphatic hydroxyl groups excluding tert-OH is 2. The second-order valence-electron chi connectivity index (χ2n) is 4.91. The SMILES string of the molecule is Nn1cnc2c(ncn2C2C(F)C(CO)C2CO)c1=O. The summed E-state index contributed by atoms with van der Waals surface area (Å²) in [4.78, 5) is 19.7. The molecule has 1 saturated carbocycles. The molecule has 9 heteroatoms. The van der Waals surface area contributed by atoms with Crippen molar-refractivity contribution in [1.29, 1.82) is 0 Å². The Hall–Kier alpha value is -2.00. The molecule has 4 N–H and O–H groups in total. The molecule has 2 heterocycles. The Kier molecular flexibility index (Phi) is 2.94. The van der Waals surface area contributed by atoms with Gasteiger partial charge in [0, 0.05) is 25.0 Å². The second kappa shape index (κ2) is 4.53. The van der Waals surface area contributed by atoms with Gasteiger partial charge in [-0.2, -0.15) is 0 Å². The molecule has 20 heavy (non-hydrogen) atoms. The van der Waals surface area contributed by atoms with E-state index >= 15 is 0 Å².